The topological polar surface area (TPSA) is 138 Å². The maximum Gasteiger partial charge on any atom is 0.319 e. The zero-order chi connectivity index (χ0) is 21.0. The average Bonchev–Trinajstić information content (AvgIpc) is 3.33. The molecule has 3 N–H and O–H groups in total. The largest absolute Gasteiger partial charge is 0.472 e. The molecule has 2 saturated heterocycles. The van der Waals surface area contributed by atoms with E-state index in [1.54, 1.807) is 6.92 Å². The van der Waals surface area contributed by atoms with Crippen LogP contribution in [0, 0.1) is 0 Å². The van der Waals surface area contributed by atoms with Crippen LogP contribution in [0.2, 0.25) is 0 Å². The van der Waals surface area contributed by atoms with E-state index >= 15 is 0 Å². The SMILES string of the molecule is CC(NC(=O)CNC(=O)c1ccoc1)C1(O)CN(C(=O)CSC2CCOC2=O)C1. The Labute approximate surface area is 171 Å². The fraction of sp³-hybridized carbons (Fsp3) is 0.556. The molecule has 2 fully saturated rings. The average molecular weight is 425 g/mol. The Morgan fingerprint density at radius 1 is 1.41 bits per heavy atom. The Kier molecular flexibility index (Phi) is 6.48. The molecule has 0 saturated carbocycles. The van der Waals surface area contributed by atoms with Gasteiger partial charge < -0.3 is 29.8 Å². The molecular weight excluding hydrogens is 402 g/mol. The standard InChI is InChI=1S/C18H23N3O7S/c1-11(20-14(22)6-19-16(24)12-2-4-27-7-12)18(26)9-21(10-18)15(23)8-29-13-3-5-28-17(13)25/h2,4,7,11,13,26H,3,5-6,8-10H2,1H3,(H,19,24)(H,20,22). The highest BCUT2D eigenvalue weighted by Gasteiger charge is 2.48. The van der Waals surface area contributed by atoms with Crippen LogP contribution in [0.25, 0.3) is 0 Å². The minimum atomic E-state index is -1.24. The van der Waals surface area contributed by atoms with Crippen molar-refractivity contribution in [1.82, 2.24) is 15.5 Å². The van der Waals surface area contributed by atoms with Crippen molar-refractivity contribution in [3.8, 4) is 0 Å². The number of hydrogen-bond donors (Lipinski definition) is 3. The zero-order valence-corrected chi connectivity index (χ0v) is 16.7. The molecule has 3 rings (SSSR count). The predicted molar refractivity (Wildman–Crippen MR) is 102 cm³/mol. The number of likely N-dealkylation sites (tertiary alicyclic amines) is 1. The Morgan fingerprint density at radius 3 is 2.79 bits per heavy atom. The van der Waals surface area contributed by atoms with E-state index in [2.05, 4.69) is 10.6 Å². The summed E-state index contributed by atoms with van der Waals surface area (Å²) in [6.07, 6.45) is 3.22. The van der Waals surface area contributed by atoms with Crippen LogP contribution in [-0.2, 0) is 19.1 Å². The molecule has 2 atom stereocenters. The molecule has 158 valence electrons. The first kappa shape index (κ1) is 21.2. The van der Waals surface area contributed by atoms with E-state index in [9.17, 15) is 24.3 Å². The smallest absolute Gasteiger partial charge is 0.319 e. The molecule has 3 heterocycles. The van der Waals surface area contributed by atoms with E-state index in [1.165, 1.54) is 35.3 Å². The molecule has 10 nitrogen and oxygen atoms in total. The number of nitrogens with zero attached hydrogens (tertiary/aromatic N) is 1. The summed E-state index contributed by atoms with van der Waals surface area (Å²) in [5, 5.41) is 15.4. The van der Waals surface area contributed by atoms with Gasteiger partial charge in [0.1, 0.15) is 17.1 Å². The van der Waals surface area contributed by atoms with Gasteiger partial charge in [-0.1, -0.05) is 0 Å². The van der Waals surface area contributed by atoms with E-state index in [1.807, 2.05) is 0 Å². The third-order valence-electron chi connectivity index (χ3n) is 4.95. The van der Waals surface area contributed by atoms with Crippen LogP contribution in [-0.4, -0.2) is 82.6 Å². The van der Waals surface area contributed by atoms with Gasteiger partial charge in [-0.2, -0.15) is 0 Å². The maximum absolute atomic E-state index is 12.2. The lowest BCUT2D eigenvalue weighted by atomic mass is 9.87. The lowest BCUT2D eigenvalue weighted by Gasteiger charge is -2.49. The summed E-state index contributed by atoms with van der Waals surface area (Å²) >= 11 is 1.24. The monoisotopic (exact) mass is 425 g/mol. The van der Waals surface area contributed by atoms with Crippen molar-refractivity contribution in [3.05, 3.63) is 24.2 Å². The lowest BCUT2D eigenvalue weighted by Crippen LogP contribution is -2.71. The van der Waals surface area contributed by atoms with Crippen molar-refractivity contribution in [2.45, 2.75) is 30.2 Å². The molecule has 2 aliphatic rings. The zero-order valence-electron chi connectivity index (χ0n) is 15.9. The molecule has 0 aliphatic carbocycles. The molecule has 3 amide bonds. The second-order valence-corrected chi connectivity index (χ2v) is 8.28. The third-order valence-corrected chi connectivity index (χ3v) is 6.20. The Hall–Kier alpha value is -2.53. The summed E-state index contributed by atoms with van der Waals surface area (Å²) in [4.78, 5) is 48.9. The van der Waals surface area contributed by atoms with Crippen LogP contribution in [0.3, 0.4) is 0 Å². The lowest BCUT2D eigenvalue weighted by molar-refractivity contribution is -0.158. The number of rotatable bonds is 8. The molecule has 1 aromatic rings. The molecule has 1 aromatic heterocycles. The van der Waals surface area contributed by atoms with Crippen molar-refractivity contribution >= 4 is 35.5 Å². The van der Waals surface area contributed by atoms with Gasteiger partial charge in [-0.3, -0.25) is 19.2 Å². The minimum absolute atomic E-state index is 0.0876. The summed E-state index contributed by atoms with van der Waals surface area (Å²) in [5.74, 6) is -1.23. The normalized spacial score (nSPS) is 21.1. The molecule has 0 spiro atoms. The molecular formula is C18H23N3O7S. The summed E-state index contributed by atoms with van der Waals surface area (Å²) in [6, 6.07) is 0.870. The van der Waals surface area contributed by atoms with Gasteiger partial charge in [-0.25, -0.2) is 0 Å². The first-order chi connectivity index (χ1) is 13.8. The molecule has 2 unspecified atom stereocenters. The molecule has 29 heavy (non-hydrogen) atoms. The number of hydrogen-bond acceptors (Lipinski definition) is 8. The van der Waals surface area contributed by atoms with Crippen molar-refractivity contribution in [1.29, 1.82) is 0 Å². The van der Waals surface area contributed by atoms with Gasteiger partial charge >= 0.3 is 5.97 Å². The van der Waals surface area contributed by atoms with E-state index in [-0.39, 0.29) is 42.5 Å². The van der Waals surface area contributed by atoms with Gasteiger partial charge in [0.05, 0.1) is 49.9 Å². The fourth-order valence-electron chi connectivity index (χ4n) is 3.04. The van der Waals surface area contributed by atoms with E-state index < -0.39 is 23.5 Å². The number of carbonyl (C=O) groups is 4. The predicted octanol–water partition coefficient (Wildman–Crippen LogP) is -0.864. The van der Waals surface area contributed by atoms with Gasteiger partial charge in [0.15, 0.2) is 0 Å². The number of furan rings is 1. The second kappa shape index (κ2) is 8.87. The number of nitrogens with one attached hydrogen (secondary N) is 2. The van der Waals surface area contributed by atoms with Gasteiger partial charge in [0.25, 0.3) is 5.91 Å². The summed E-state index contributed by atoms with van der Waals surface area (Å²) in [6.45, 7) is 1.95. The number of thioether (sulfide) groups is 1. The molecule has 0 bridgehead atoms. The van der Waals surface area contributed by atoms with Crippen molar-refractivity contribution in [3.63, 3.8) is 0 Å². The van der Waals surface area contributed by atoms with E-state index in [0.29, 0.717) is 18.6 Å². The Bertz CT molecular complexity index is 776. The first-order valence-electron chi connectivity index (χ1n) is 9.16. The minimum Gasteiger partial charge on any atom is -0.472 e. The molecule has 0 radical (unpaired) electrons. The van der Waals surface area contributed by atoms with Crippen LogP contribution in [0.1, 0.15) is 23.7 Å². The highest BCUT2D eigenvalue weighted by atomic mass is 32.2. The number of esters is 1. The van der Waals surface area contributed by atoms with Crippen molar-refractivity contribution in [2.24, 2.45) is 0 Å². The Balaban J connectivity index is 1.37. The number of β-amino-alcohol motifs (C(OH)–C–C–N with tert-alkyl or cyclic N) is 1. The second-order valence-electron chi connectivity index (χ2n) is 7.09. The fourth-order valence-corrected chi connectivity index (χ4v) is 4.03. The summed E-state index contributed by atoms with van der Waals surface area (Å²) in [5.41, 5.74) is -0.932. The van der Waals surface area contributed by atoms with Crippen molar-refractivity contribution < 1.29 is 33.4 Å². The van der Waals surface area contributed by atoms with Crippen LogP contribution >= 0.6 is 11.8 Å². The van der Waals surface area contributed by atoms with Gasteiger partial charge in [-0.05, 0) is 13.0 Å². The third kappa shape index (κ3) is 5.10. The van der Waals surface area contributed by atoms with Gasteiger partial charge in [0.2, 0.25) is 11.8 Å². The quantitative estimate of drug-likeness (QED) is 0.457. The first-order valence-corrected chi connectivity index (χ1v) is 10.2. The van der Waals surface area contributed by atoms with Crippen LogP contribution in [0.5, 0.6) is 0 Å². The number of cyclic esters (lactones) is 1. The number of ether oxygens (including phenoxy) is 1. The van der Waals surface area contributed by atoms with Crippen LogP contribution in [0.4, 0.5) is 0 Å². The Morgan fingerprint density at radius 2 is 2.17 bits per heavy atom. The summed E-state index contributed by atoms with van der Waals surface area (Å²) in [7, 11) is 0. The number of carbonyl (C=O) groups excluding carboxylic acids is 4. The van der Waals surface area contributed by atoms with Gasteiger partial charge in [0, 0.05) is 6.42 Å². The van der Waals surface area contributed by atoms with E-state index in [4.69, 9.17) is 9.15 Å². The molecule has 0 aromatic carbocycles. The number of aliphatic hydroxyl groups is 1. The van der Waals surface area contributed by atoms with Crippen LogP contribution < -0.4 is 10.6 Å². The maximum atomic E-state index is 12.2. The highest BCUT2D eigenvalue weighted by Crippen LogP contribution is 2.27. The molecule has 2 aliphatic heterocycles. The summed E-state index contributed by atoms with van der Waals surface area (Å²) < 4.78 is 9.66. The molecule has 11 heteroatoms. The highest BCUT2D eigenvalue weighted by molar-refractivity contribution is 8.01. The van der Waals surface area contributed by atoms with Crippen molar-refractivity contribution in [2.75, 3.05) is 32.0 Å². The number of amides is 3. The van der Waals surface area contributed by atoms with E-state index in [0.717, 1.165) is 0 Å². The van der Waals surface area contributed by atoms with Crippen LogP contribution in [0.15, 0.2) is 23.0 Å². The van der Waals surface area contributed by atoms with Gasteiger partial charge in [-0.15, -0.1) is 11.8 Å².